The molecule has 0 bridgehead atoms. The van der Waals surface area contributed by atoms with Crippen LogP contribution in [0.25, 0.3) is 0 Å². The molecule has 1 aliphatic carbocycles. The van der Waals surface area contributed by atoms with E-state index in [9.17, 15) is 9.59 Å². The van der Waals surface area contributed by atoms with Gasteiger partial charge in [0.25, 0.3) is 0 Å². The number of carbonyl (C=O) groups excluding carboxylic acids is 1. The summed E-state index contributed by atoms with van der Waals surface area (Å²) in [6.45, 7) is 0.167. The Morgan fingerprint density at radius 2 is 2.14 bits per heavy atom. The largest absolute Gasteiger partial charge is 0.480 e. The minimum atomic E-state index is -1.07. The molecular weight excluding hydrogens is 292 g/mol. The number of anilines is 1. The highest BCUT2D eigenvalue weighted by atomic mass is 35.5. The van der Waals surface area contributed by atoms with Gasteiger partial charge in [0.05, 0.1) is 0 Å². The minimum absolute atomic E-state index is 0.394. The van der Waals surface area contributed by atoms with E-state index in [1.165, 1.54) is 17.7 Å². The van der Waals surface area contributed by atoms with E-state index in [1.54, 1.807) is 24.3 Å². The van der Waals surface area contributed by atoms with Gasteiger partial charge in [0.1, 0.15) is 6.54 Å². The zero-order valence-corrected chi connectivity index (χ0v) is 12.5. The summed E-state index contributed by atoms with van der Waals surface area (Å²) >= 11 is 5.89. The number of carbonyl (C=O) groups is 2. The van der Waals surface area contributed by atoms with Crippen LogP contribution < -0.4 is 10.2 Å². The Hall–Kier alpha value is -1.75. The number of hydrogen-bond acceptors (Lipinski definition) is 2. The fourth-order valence-electron chi connectivity index (χ4n) is 2.15. The van der Waals surface area contributed by atoms with Gasteiger partial charge >= 0.3 is 12.0 Å². The van der Waals surface area contributed by atoms with Gasteiger partial charge in [-0.05, 0) is 37.0 Å². The molecule has 0 unspecified atom stereocenters. The smallest absolute Gasteiger partial charge is 0.323 e. The van der Waals surface area contributed by atoms with E-state index in [0.717, 1.165) is 18.8 Å². The van der Waals surface area contributed by atoms with Gasteiger partial charge in [-0.2, -0.15) is 0 Å². The molecule has 5 nitrogen and oxygen atoms in total. The van der Waals surface area contributed by atoms with Crippen LogP contribution >= 0.6 is 11.6 Å². The molecule has 0 spiro atoms. The van der Waals surface area contributed by atoms with Crippen molar-refractivity contribution in [2.75, 3.05) is 18.0 Å². The van der Waals surface area contributed by atoms with Crippen molar-refractivity contribution in [3.05, 3.63) is 29.3 Å². The molecule has 1 aromatic carbocycles. The molecule has 2 rings (SSSR count). The van der Waals surface area contributed by atoms with Crippen LogP contribution in [0.2, 0.25) is 5.02 Å². The number of halogens is 1. The summed E-state index contributed by atoms with van der Waals surface area (Å²) in [5, 5.41) is 12.2. The summed E-state index contributed by atoms with van der Waals surface area (Å²) < 4.78 is 0. The first-order chi connectivity index (χ1) is 10.1. The number of urea groups is 1. The Bertz CT molecular complexity index is 517. The fraction of sp³-hybridized carbons (Fsp3) is 0.467. The summed E-state index contributed by atoms with van der Waals surface area (Å²) in [5.41, 5.74) is 0.476. The van der Waals surface area contributed by atoms with E-state index >= 15 is 0 Å². The average Bonchev–Trinajstić information content (AvgIpc) is 3.24. The number of nitrogens with zero attached hydrogens (tertiary/aromatic N) is 1. The zero-order valence-electron chi connectivity index (χ0n) is 11.7. The third-order valence-electron chi connectivity index (χ3n) is 3.42. The third kappa shape index (κ3) is 5.27. The number of carboxylic acid groups (broad SMARTS) is 1. The van der Waals surface area contributed by atoms with Crippen LogP contribution in [0.5, 0.6) is 0 Å². The Kier molecular flexibility index (Phi) is 5.44. The third-order valence-corrected chi connectivity index (χ3v) is 3.66. The Morgan fingerprint density at radius 3 is 2.76 bits per heavy atom. The average molecular weight is 311 g/mol. The van der Waals surface area contributed by atoms with Gasteiger partial charge in [-0.25, -0.2) is 4.79 Å². The lowest BCUT2D eigenvalue weighted by Crippen LogP contribution is -2.43. The second kappa shape index (κ2) is 7.31. The fourth-order valence-corrected chi connectivity index (χ4v) is 2.33. The summed E-state index contributed by atoms with van der Waals surface area (Å²) in [6, 6.07) is 6.20. The monoisotopic (exact) mass is 310 g/mol. The van der Waals surface area contributed by atoms with Crippen molar-refractivity contribution in [3.8, 4) is 0 Å². The second-order valence-corrected chi connectivity index (χ2v) is 5.71. The highest BCUT2D eigenvalue weighted by Crippen LogP contribution is 2.33. The number of aliphatic carboxylic acids is 1. The number of hydrogen-bond donors (Lipinski definition) is 2. The van der Waals surface area contributed by atoms with Crippen LogP contribution in [-0.2, 0) is 4.79 Å². The summed E-state index contributed by atoms with van der Waals surface area (Å²) in [5.74, 6) is -0.243. The van der Waals surface area contributed by atoms with Crippen LogP contribution in [0.3, 0.4) is 0 Å². The van der Waals surface area contributed by atoms with Crippen LogP contribution in [0.15, 0.2) is 24.3 Å². The van der Waals surface area contributed by atoms with Gasteiger partial charge in [0, 0.05) is 17.3 Å². The number of rotatable bonds is 7. The van der Waals surface area contributed by atoms with E-state index in [-0.39, 0.29) is 0 Å². The molecule has 0 aromatic heterocycles. The van der Waals surface area contributed by atoms with Gasteiger partial charge in [-0.15, -0.1) is 0 Å². The maximum atomic E-state index is 12.2. The number of carboxylic acids is 1. The lowest BCUT2D eigenvalue weighted by molar-refractivity contribution is -0.135. The topological polar surface area (TPSA) is 69.6 Å². The van der Waals surface area contributed by atoms with Gasteiger partial charge in [-0.1, -0.05) is 30.5 Å². The Balaban J connectivity index is 1.93. The number of nitrogens with one attached hydrogen (secondary N) is 1. The van der Waals surface area contributed by atoms with Crippen LogP contribution in [0.1, 0.15) is 25.7 Å². The van der Waals surface area contributed by atoms with Gasteiger partial charge in [0.2, 0.25) is 0 Å². The Morgan fingerprint density at radius 1 is 1.38 bits per heavy atom. The molecule has 114 valence electrons. The molecule has 0 heterocycles. The van der Waals surface area contributed by atoms with Crippen molar-refractivity contribution in [1.82, 2.24) is 5.32 Å². The highest BCUT2D eigenvalue weighted by Gasteiger charge is 2.21. The van der Waals surface area contributed by atoms with Crippen molar-refractivity contribution < 1.29 is 14.7 Å². The predicted octanol–water partition coefficient (Wildman–Crippen LogP) is 3.13. The molecule has 0 aliphatic heterocycles. The van der Waals surface area contributed by atoms with Gasteiger partial charge in [-0.3, -0.25) is 9.69 Å². The lowest BCUT2D eigenvalue weighted by atomic mass is 10.2. The first-order valence-electron chi connectivity index (χ1n) is 7.09. The van der Waals surface area contributed by atoms with E-state index < -0.39 is 18.5 Å². The maximum Gasteiger partial charge on any atom is 0.323 e. The molecule has 2 amide bonds. The summed E-state index contributed by atoms with van der Waals surface area (Å²) in [6.07, 6.45) is 4.63. The molecule has 0 radical (unpaired) electrons. The lowest BCUT2D eigenvalue weighted by Gasteiger charge is -2.21. The molecule has 2 N–H and O–H groups in total. The number of amides is 2. The minimum Gasteiger partial charge on any atom is -0.480 e. The van der Waals surface area contributed by atoms with Gasteiger partial charge < -0.3 is 10.4 Å². The standard InChI is InChI=1S/C15H19ClN2O3/c16-12-4-1-5-13(9-12)18(10-14(19)20)15(21)17-8-2-3-11-6-7-11/h1,4-5,9,11H,2-3,6-8,10H2,(H,17,21)(H,19,20). The summed E-state index contributed by atoms with van der Waals surface area (Å²) in [7, 11) is 0. The molecule has 0 atom stereocenters. The van der Waals surface area contributed by atoms with Crippen molar-refractivity contribution in [2.45, 2.75) is 25.7 Å². The first-order valence-corrected chi connectivity index (χ1v) is 7.47. The van der Waals surface area contributed by atoms with E-state index in [1.807, 2.05) is 0 Å². The second-order valence-electron chi connectivity index (χ2n) is 5.28. The molecule has 1 aromatic rings. The van der Waals surface area contributed by atoms with Crippen molar-refractivity contribution in [3.63, 3.8) is 0 Å². The molecule has 21 heavy (non-hydrogen) atoms. The Labute approximate surface area is 128 Å². The van der Waals surface area contributed by atoms with E-state index in [4.69, 9.17) is 16.7 Å². The maximum absolute atomic E-state index is 12.2. The first kappa shape index (κ1) is 15.6. The van der Waals surface area contributed by atoms with Crippen molar-refractivity contribution in [2.24, 2.45) is 5.92 Å². The predicted molar refractivity (Wildman–Crippen MR) is 81.8 cm³/mol. The molecule has 1 aliphatic rings. The highest BCUT2D eigenvalue weighted by molar-refractivity contribution is 6.30. The van der Waals surface area contributed by atoms with Crippen LogP contribution in [0, 0.1) is 5.92 Å². The number of benzene rings is 1. The quantitative estimate of drug-likeness (QED) is 0.760. The normalized spacial score (nSPS) is 13.8. The zero-order chi connectivity index (χ0) is 15.2. The molecule has 1 fully saturated rings. The molecular formula is C15H19ClN2O3. The van der Waals surface area contributed by atoms with E-state index in [2.05, 4.69) is 5.32 Å². The SMILES string of the molecule is O=C(O)CN(C(=O)NCCCC1CC1)c1cccc(Cl)c1. The summed E-state index contributed by atoms with van der Waals surface area (Å²) in [4.78, 5) is 24.3. The van der Waals surface area contributed by atoms with E-state index in [0.29, 0.717) is 17.3 Å². The van der Waals surface area contributed by atoms with Crippen LogP contribution in [0.4, 0.5) is 10.5 Å². The van der Waals surface area contributed by atoms with Crippen molar-refractivity contribution in [1.29, 1.82) is 0 Å². The molecule has 1 saturated carbocycles. The van der Waals surface area contributed by atoms with Gasteiger partial charge in [0.15, 0.2) is 0 Å². The van der Waals surface area contributed by atoms with Crippen LogP contribution in [-0.4, -0.2) is 30.2 Å². The van der Waals surface area contributed by atoms with Crippen molar-refractivity contribution >= 4 is 29.3 Å². The molecule has 6 heteroatoms. The molecule has 0 saturated heterocycles.